The molecule has 16 bridgehead atoms. The maximum Gasteiger partial charge on any atom is 0.303 e. The standard InChI is InChI=1S/C63H80N4O6S2/c1-39(68)72-62-32-45-16-17-49(62)30-46-28-47(55(71)56-54(46)44-19-27-61(73-56)23-6-11-48(61)29-44)35-67-38-60(34-52(67)70)50(42-9-3-2-4-10-42)20-26-59(60)21-5-8-40-18-25-58(31-40)22-7-24-63(58,66-57(64)65-37-59)75-74-36-41-12-14-43(15-13-41)53(45)51(69)33-62/h2-4,9-10,19,27-28,40-41,43-45,48-51,53,69,71H,6-8,11-18,20,22-26,29-38H2,1H3,(H3,64,65,66). The van der Waals surface area contributed by atoms with Crippen LogP contribution in [0.15, 0.2) is 53.5 Å². The maximum atomic E-state index is 15.3. The van der Waals surface area contributed by atoms with E-state index >= 15 is 4.79 Å². The van der Waals surface area contributed by atoms with Crippen molar-refractivity contribution in [1.29, 1.82) is 0 Å². The smallest absolute Gasteiger partial charge is 0.303 e. The second-order valence-electron chi connectivity index (χ2n) is 26.8. The van der Waals surface area contributed by atoms with Crippen LogP contribution in [0.2, 0.25) is 0 Å². The molecule has 5 N–H and O–H groups in total. The van der Waals surface area contributed by atoms with Crippen molar-refractivity contribution < 1.29 is 29.3 Å². The number of carbonyl (C=O) groups is 2. The average molecular weight is 1050 g/mol. The van der Waals surface area contributed by atoms with E-state index in [2.05, 4.69) is 87.3 Å². The van der Waals surface area contributed by atoms with Gasteiger partial charge in [-0.2, -0.15) is 0 Å². The molecule has 10 nitrogen and oxygen atoms in total. The molecule has 14 unspecified atom stereocenters. The second-order valence-corrected chi connectivity index (χ2v) is 29.4. The molecule has 8 fully saturated rings. The van der Waals surface area contributed by atoms with Crippen LogP contribution in [0.3, 0.4) is 0 Å². The van der Waals surface area contributed by atoms with E-state index in [0.29, 0.717) is 79.2 Å². The number of hydrogen-bond acceptors (Lipinski definition) is 11. The van der Waals surface area contributed by atoms with Gasteiger partial charge in [0.1, 0.15) is 16.1 Å². The van der Waals surface area contributed by atoms with Crippen LogP contribution in [-0.2, 0) is 27.3 Å². The summed E-state index contributed by atoms with van der Waals surface area (Å²) in [4.78, 5) is 35.9. The van der Waals surface area contributed by atoms with Crippen molar-refractivity contribution in [2.24, 2.45) is 68.4 Å². The molecular formula is C63H80N4O6S2. The van der Waals surface area contributed by atoms with Crippen LogP contribution in [0, 0.1) is 69.5 Å². The Morgan fingerprint density at radius 3 is 2.64 bits per heavy atom. The van der Waals surface area contributed by atoms with Gasteiger partial charge in [0, 0.05) is 84.7 Å². The number of amides is 1. The molecule has 14 atom stereocenters. The lowest BCUT2D eigenvalue weighted by Gasteiger charge is -2.56. The molecule has 18 rings (SSSR count). The summed E-state index contributed by atoms with van der Waals surface area (Å²) >= 11 is 0. The first kappa shape index (κ1) is 49.5. The SMILES string of the molecule is CC(=O)OC12CC(O)C3C4CCC(CC4)CSSC45CCCC46CCC(CC#CC4(CCC(c7ccccc7)C47CC(=O)N(Cc4cc(c8c(c4O)OC49C=CC8CC4CCC9)CC1CCC3C2)C7)CN=C(N)N5)C6. The van der Waals surface area contributed by atoms with Crippen molar-refractivity contribution in [3.05, 3.63) is 70.8 Å². The van der Waals surface area contributed by atoms with Crippen molar-refractivity contribution >= 4 is 39.4 Å². The number of fused-ring (bicyclic) bond motifs is 1. The van der Waals surface area contributed by atoms with Crippen LogP contribution in [0.25, 0.3) is 0 Å². The van der Waals surface area contributed by atoms with Crippen molar-refractivity contribution in [1.82, 2.24) is 10.2 Å². The van der Waals surface area contributed by atoms with Gasteiger partial charge in [0.2, 0.25) is 5.91 Å². The first-order valence-electron chi connectivity index (χ1n) is 29.7. The highest BCUT2D eigenvalue weighted by molar-refractivity contribution is 8.77. The van der Waals surface area contributed by atoms with Gasteiger partial charge in [0.05, 0.1) is 18.1 Å². The molecule has 1 amide bonds. The number of rotatable bonds is 2. The van der Waals surface area contributed by atoms with Gasteiger partial charge in [-0.1, -0.05) is 63.9 Å². The van der Waals surface area contributed by atoms with E-state index in [-0.39, 0.29) is 58.1 Å². The van der Waals surface area contributed by atoms with Crippen LogP contribution >= 0.6 is 21.6 Å². The molecule has 16 aliphatic rings. The number of aliphatic hydroxyl groups excluding tert-OH is 1. The quantitative estimate of drug-likeness (QED) is 0.0992. The predicted molar refractivity (Wildman–Crippen MR) is 296 cm³/mol. The van der Waals surface area contributed by atoms with Gasteiger partial charge < -0.3 is 35.6 Å². The van der Waals surface area contributed by atoms with Crippen LogP contribution in [0.4, 0.5) is 0 Å². The Hall–Kier alpha value is -3.79. The summed E-state index contributed by atoms with van der Waals surface area (Å²) in [6.07, 6.45) is 26.5. The fraction of sp³-hybridized carbons (Fsp3) is 0.698. The Labute approximate surface area is 453 Å². The van der Waals surface area contributed by atoms with E-state index in [9.17, 15) is 15.0 Å². The minimum Gasteiger partial charge on any atom is -0.504 e. The number of phenols is 1. The zero-order chi connectivity index (χ0) is 51.0. The van der Waals surface area contributed by atoms with Gasteiger partial charge in [-0.05, 0) is 187 Å². The number of aromatic hydroxyl groups is 1. The van der Waals surface area contributed by atoms with E-state index in [0.717, 1.165) is 107 Å². The number of nitrogens with zero attached hydrogens (tertiary/aromatic N) is 2. The van der Waals surface area contributed by atoms with E-state index in [4.69, 9.17) is 20.2 Å². The molecule has 400 valence electrons. The second kappa shape index (κ2) is 18.4. The molecule has 2 aromatic carbocycles. The van der Waals surface area contributed by atoms with Gasteiger partial charge in [-0.3, -0.25) is 14.6 Å². The molecule has 8 heterocycles. The number of allylic oxidation sites excluding steroid dienone is 1. The lowest BCUT2D eigenvalue weighted by molar-refractivity contribution is -0.199. The average Bonchev–Trinajstić information content (AvgIpc) is 4.34. The highest BCUT2D eigenvalue weighted by Crippen LogP contribution is 2.68. The third-order valence-electron chi connectivity index (χ3n) is 23.3. The fourth-order valence-electron chi connectivity index (χ4n) is 19.8. The summed E-state index contributed by atoms with van der Waals surface area (Å²) in [6.45, 7) is 2.72. The number of ether oxygens (including phenoxy) is 2. The molecule has 8 aliphatic heterocycles. The van der Waals surface area contributed by atoms with E-state index in [1.54, 1.807) is 6.92 Å². The predicted octanol–water partition coefficient (Wildman–Crippen LogP) is 11.5. The molecule has 7 saturated carbocycles. The number of aliphatic imine (C=N–C) groups is 1. The zero-order valence-corrected chi connectivity index (χ0v) is 45.9. The first-order chi connectivity index (χ1) is 36.3. The van der Waals surface area contributed by atoms with E-state index in [1.165, 1.54) is 44.1 Å². The number of phenolic OH excluding ortho intramolecular Hbond substituents is 1. The monoisotopic (exact) mass is 1050 g/mol. The maximum absolute atomic E-state index is 15.3. The van der Waals surface area contributed by atoms with Gasteiger partial charge in [0.25, 0.3) is 0 Å². The minimum atomic E-state index is -0.785. The zero-order valence-electron chi connectivity index (χ0n) is 44.3. The van der Waals surface area contributed by atoms with Gasteiger partial charge in [-0.15, -0.1) is 5.92 Å². The van der Waals surface area contributed by atoms with Crippen LogP contribution < -0.4 is 15.8 Å². The molecule has 2 aromatic rings. The molecule has 75 heavy (non-hydrogen) atoms. The number of nitrogens with one attached hydrogen (secondary N) is 1. The summed E-state index contributed by atoms with van der Waals surface area (Å²) in [5, 5.41) is 29.4. The third kappa shape index (κ3) is 7.83. The minimum absolute atomic E-state index is 0.0199. The summed E-state index contributed by atoms with van der Waals surface area (Å²) in [6, 6.07) is 13.0. The molecule has 8 aliphatic carbocycles. The lowest BCUT2D eigenvalue weighted by Crippen LogP contribution is -2.58. The first-order valence-corrected chi connectivity index (χ1v) is 32.0. The van der Waals surface area contributed by atoms with Crippen molar-refractivity contribution in [3.8, 4) is 23.3 Å². The number of hydrogen-bond donors (Lipinski definition) is 4. The van der Waals surface area contributed by atoms with Gasteiger partial charge in [0.15, 0.2) is 17.5 Å². The highest BCUT2D eigenvalue weighted by Gasteiger charge is 2.65. The molecular weight excluding hydrogens is 973 g/mol. The van der Waals surface area contributed by atoms with Gasteiger partial charge >= 0.3 is 5.97 Å². The highest BCUT2D eigenvalue weighted by atomic mass is 33.1. The normalized spacial score (nSPS) is 44.4. The lowest BCUT2D eigenvalue weighted by atomic mass is 9.54. The largest absolute Gasteiger partial charge is 0.504 e. The Morgan fingerprint density at radius 1 is 0.933 bits per heavy atom. The molecule has 0 aromatic heterocycles. The third-order valence-corrected chi connectivity index (χ3v) is 26.6. The summed E-state index contributed by atoms with van der Waals surface area (Å²) in [7, 11) is 4.13. The van der Waals surface area contributed by atoms with Crippen molar-refractivity contribution in [2.45, 2.75) is 195 Å². The Bertz CT molecular complexity index is 2750. The number of aliphatic hydroxyl groups is 1. The Balaban J connectivity index is 0.901. The number of guanidine groups is 1. The summed E-state index contributed by atoms with van der Waals surface area (Å²) < 4.78 is 14.0. The van der Waals surface area contributed by atoms with Gasteiger partial charge in [-0.25, -0.2) is 0 Å². The molecule has 0 radical (unpaired) electrons. The molecule has 1 saturated heterocycles. The van der Waals surface area contributed by atoms with Crippen LogP contribution in [-0.4, -0.2) is 74.0 Å². The molecule has 5 spiro atoms. The number of benzene rings is 2. The topological polar surface area (TPSA) is 147 Å². The van der Waals surface area contributed by atoms with E-state index < -0.39 is 28.1 Å². The van der Waals surface area contributed by atoms with Crippen molar-refractivity contribution in [2.75, 3.05) is 18.8 Å². The van der Waals surface area contributed by atoms with Crippen LogP contribution in [0.1, 0.15) is 182 Å². The summed E-state index contributed by atoms with van der Waals surface area (Å²) in [5.74, 6) is 12.7. The Kier molecular flexibility index (Phi) is 12.1. The Morgan fingerprint density at radius 2 is 1.79 bits per heavy atom. The van der Waals surface area contributed by atoms with Crippen LogP contribution in [0.5, 0.6) is 11.5 Å². The number of carbonyl (C=O) groups excluding carboxylic acids is 2. The molecule has 12 heteroatoms. The summed E-state index contributed by atoms with van der Waals surface area (Å²) in [5.41, 5.74) is 9.12. The fourth-order valence-corrected chi connectivity index (χ4v) is 23.8. The number of nitrogens with two attached hydrogens (primary N) is 1. The number of esters is 1. The van der Waals surface area contributed by atoms with E-state index in [1.807, 2.05) is 4.90 Å². The van der Waals surface area contributed by atoms with Crippen molar-refractivity contribution in [3.63, 3.8) is 0 Å².